The van der Waals surface area contributed by atoms with Gasteiger partial charge in [0.25, 0.3) is 32.1 Å². The molecule has 0 bridgehead atoms. The Labute approximate surface area is 222 Å². The van der Waals surface area contributed by atoms with Gasteiger partial charge in [0, 0.05) is 44.7 Å². The lowest BCUT2D eigenvalue weighted by Gasteiger charge is -2.19. The molecule has 39 heavy (non-hydrogen) atoms. The van der Waals surface area contributed by atoms with Crippen molar-refractivity contribution >= 4 is 88.2 Å². The smallest absolute Gasteiger partial charge is 0.311 e. The predicted octanol–water partition coefficient (Wildman–Crippen LogP) is 3.12. The minimum absolute atomic E-state index is 0.0100. The number of hydrogen-bond donors (Lipinski definition) is 4. The number of nitrogens with one attached hydrogen (secondary N) is 1. The van der Waals surface area contributed by atoms with E-state index in [2.05, 4.69) is 14.7 Å². The van der Waals surface area contributed by atoms with Gasteiger partial charge in [-0.1, -0.05) is 29.3 Å². The Kier molecular flexibility index (Phi) is 6.59. The first-order valence-corrected chi connectivity index (χ1v) is 14.2. The van der Waals surface area contributed by atoms with Crippen LogP contribution in [0.4, 0.5) is 10.5 Å². The first kappa shape index (κ1) is 27.0. The van der Waals surface area contributed by atoms with Gasteiger partial charge in [-0.25, -0.2) is 10.1 Å². The molecule has 4 aromatic carbocycles. The first-order chi connectivity index (χ1) is 18.3. The molecule has 0 atom stereocenters. The van der Waals surface area contributed by atoms with Crippen molar-refractivity contribution in [2.75, 3.05) is 5.32 Å². The van der Waals surface area contributed by atoms with Crippen LogP contribution in [-0.4, -0.2) is 54.2 Å². The van der Waals surface area contributed by atoms with Crippen LogP contribution < -0.4 is 5.32 Å². The van der Waals surface area contributed by atoms with Crippen LogP contribution in [0.25, 0.3) is 32.3 Å². The van der Waals surface area contributed by atoms with Gasteiger partial charge >= 0.3 is 6.09 Å². The van der Waals surface area contributed by atoms with Crippen LogP contribution in [0.3, 0.4) is 0 Å². The number of amides is 3. The summed E-state index contributed by atoms with van der Waals surface area (Å²) >= 11 is 0.371. The molecule has 1 heterocycles. The summed E-state index contributed by atoms with van der Waals surface area (Å²) in [4.78, 5) is 39.7. The lowest BCUT2D eigenvalue weighted by Crippen LogP contribution is -2.34. The number of imide groups is 1. The average Bonchev–Trinajstić information content (AvgIpc) is 3.17. The number of carbonyl (C=O) groups excluding carboxylic acids is 3. The van der Waals surface area contributed by atoms with Gasteiger partial charge < -0.3 is 4.84 Å². The molecule has 3 amide bonds. The number of hydrogen-bond acceptors (Lipinski definition) is 12. The van der Waals surface area contributed by atoms with Crippen molar-refractivity contribution in [2.24, 2.45) is 0 Å². The number of nitrogens with zero attached hydrogens (tertiary/aromatic N) is 1. The van der Waals surface area contributed by atoms with Gasteiger partial charge in [-0.3, -0.25) is 24.0 Å². The molecule has 18 heteroatoms. The molecule has 1 aliphatic heterocycles. The Morgan fingerprint density at radius 2 is 1.36 bits per heavy atom. The Hall–Kier alpha value is -3.62. The van der Waals surface area contributed by atoms with Crippen molar-refractivity contribution in [3.05, 3.63) is 36.4 Å². The van der Waals surface area contributed by atoms with Crippen LogP contribution >= 0.6 is 12.0 Å². The van der Waals surface area contributed by atoms with Gasteiger partial charge in [-0.2, -0.15) is 16.8 Å². The summed E-state index contributed by atoms with van der Waals surface area (Å²) < 4.78 is 73.4. The maximum absolute atomic E-state index is 12.6. The van der Waals surface area contributed by atoms with Crippen molar-refractivity contribution in [1.82, 2.24) is 5.06 Å². The van der Waals surface area contributed by atoms with Gasteiger partial charge in [0.2, 0.25) is 0 Å². The van der Waals surface area contributed by atoms with Crippen LogP contribution in [0.15, 0.2) is 51.1 Å². The second kappa shape index (κ2) is 9.54. The van der Waals surface area contributed by atoms with E-state index in [9.17, 15) is 40.3 Å². The van der Waals surface area contributed by atoms with Crippen LogP contribution in [0.5, 0.6) is 0 Å². The summed E-state index contributed by atoms with van der Waals surface area (Å²) in [6.07, 6.45) is -1.67. The molecule has 4 N–H and O–H groups in total. The maximum Gasteiger partial charge on any atom is 0.436 e. The lowest BCUT2D eigenvalue weighted by atomic mass is 9.93. The number of benzene rings is 4. The molecule has 204 valence electrons. The summed E-state index contributed by atoms with van der Waals surface area (Å²) in [5.74, 6) is -1.53. The van der Waals surface area contributed by atoms with E-state index in [0.29, 0.717) is 12.0 Å². The SMILES string of the molecule is O=C(Nc1cc(S(=O)(=O)O)c2ccc3c(S(=O)(=O)O)cc(SOOO)c4ccc1c2c43)ON1C(=O)CCC1=O. The third-order valence-electron chi connectivity index (χ3n) is 5.91. The zero-order valence-corrected chi connectivity index (χ0v) is 21.4. The molecule has 1 saturated heterocycles. The van der Waals surface area contributed by atoms with Crippen molar-refractivity contribution in [3.8, 4) is 0 Å². The Morgan fingerprint density at radius 1 is 0.846 bits per heavy atom. The van der Waals surface area contributed by atoms with Crippen molar-refractivity contribution < 1.29 is 59.8 Å². The highest BCUT2D eigenvalue weighted by atomic mass is 32.2. The molecule has 0 unspecified atom stereocenters. The van der Waals surface area contributed by atoms with Gasteiger partial charge in [0.1, 0.15) is 9.79 Å². The second-order valence-electron chi connectivity index (χ2n) is 8.13. The summed E-state index contributed by atoms with van der Waals surface area (Å²) in [5, 5.41) is 15.0. The molecule has 1 fully saturated rings. The zero-order valence-electron chi connectivity index (χ0n) is 19.0. The van der Waals surface area contributed by atoms with Crippen LogP contribution in [0.1, 0.15) is 12.8 Å². The van der Waals surface area contributed by atoms with E-state index >= 15 is 0 Å². The van der Waals surface area contributed by atoms with Crippen molar-refractivity contribution in [3.63, 3.8) is 0 Å². The predicted molar refractivity (Wildman–Crippen MR) is 132 cm³/mol. The van der Waals surface area contributed by atoms with Crippen molar-refractivity contribution in [2.45, 2.75) is 27.5 Å². The number of rotatable bonds is 7. The summed E-state index contributed by atoms with van der Waals surface area (Å²) in [7, 11) is -9.82. The third kappa shape index (κ3) is 4.72. The molecule has 1 aliphatic rings. The fraction of sp³-hybridized carbons (Fsp3) is 0.0952. The molecule has 5 rings (SSSR count). The largest absolute Gasteiger partial charge is 0.436 e. The minimum atomic E-state index is -4.95. The molecule has 0 aromatic heterocycles. The highest BCUT2D eigenvalue weighted by Gasteiger charge is 2.33. The average molecular weight is 599 g/mol. The highest BCUT2D eigenvalue weighted by molar-refractivity contribution is 7.94. The van der Waals surface area contributed by atoms with E-state index in [1.54, 1.807) is 0 Å². The quantitative estimate of drug-likeness (QED) is 0.0599. The van der Waals surface area contributed by atoms with Crippen LogP contribution in [0.2, 0.25) is 0 Å². The Morgan fingerprint density at radius 3 is 1.92 bits per heavy atom. The third-order valence-corrected chi connectivity index (χ3v) is 8.34. The number of hydroxylamine groups is 2. The standard InChI is InChI=1S/C21H14N2O13S3/c24-17-5-6-18(25)23(17)34-21(26)22-13-7-15(38(28,29)30)11-3-4-12-16(39(31,32)33)8-14(37-36-35-27)10-2-1-9(13)19(11)20(10)12/h1-4,7-8,27H,5-6H2,(H,22,26)(H,28,29,30)(H,31,32,33). The van der Waals surface area contributed by atoms with Gasteiger partial charge in [-0.15, -0.1) is 9.40 Å². The lowest BCUT2D eigenvalue weighted by molar-refractivity contribution is -0.432. The number of anilines is 1. The van der Waals surface area contributed by atoms with E-state index in [1.165, 1.54) is 24.3 Å². The molecular formula is C21H14N2O13S3. The van der Waals surface area contributed by atoms with E-state index in [4.69, 9.17) is 10.1 Å². The minimum Gasteiger partial charge on any atom is -0.311 e. The second-order valence-corrected chi connectivity index (χ2v) is 11.7. The summed E-state index contributed by atoms with van der Waals surface area (Å²) in [6.45, 7) is 0. The fourth-order valence-corrected chi connectivity index (χ4v) is 6.46. The fourth-order valence-electron chi connectivity index (χ4n) is 4.42. The van der Waals surface area contributed by atoms with E-state index < -0.39 is 47.9 Å². The van der Waals surface area contributed by atoms with Gasteiger partial charge in [0.15, 0.2) is 0 Å². The number of carbonyl (C=O) groups is 3. The maximum atomic E-state index is 12.6. The van der Waals surface area contributed by atoms with Crippen LogP contribution in [0, 0.1) is 0 Å². The van der Waals surface area contributed by atoms with Crippen LogP contribution in [-0.2, 0) is 44.0 Å². The Bertz CT molecular complexity index is 1910. The van der Waals surface area contributed by atoms with Crippen molar-refractivity contribution in [1.29, 1.82) is 0 Å². The normalized spacial score (nSPS) is 14.7. The Balaban J connectivity index is 1.80. The summed E-state index contributed by atoms with van der Waals surface area (Å²) in [6, 6.07) is 7.21. The highest BCUT2D eigenvalue weighted by Crippen LogP contribution is 2.45. The first-order valence-electron chi connectivity index (χ1n) is 10.5. The van der Waals surface area contributed by atoms with Gasteiger partial charge in [-0.05, 0) is 17.5 Å². The topological polar surface area (TPSA) is 223 Å². The molecular weight excluding hydrogens is 584 g/mol. The molecule has 0 aliphatic carbocycles. The molecule has 4 aromatic rings. The van der Waals surface area contributed by atoms with E-state index in [1.807, 2.05) is 0 Å². The van der Waals surface area contributed by atoms with E-state index in [0.717, 1.165) is 12.1 Å². The molecule has 0 saturated carbocycles. The summed E-state index contributed by atoms with van der Waals surface area (Å²) in [5.41, 5.74) is -0.255. The monoisotopic (exact) mass is 598 g/mol. The molecule has 0 radical (unpaired) electrons. The van der Waals surface area contributed by atoms with Gasteiger partial charge in [0.05, 0.1) is 17.7 Å². The van der Waals surface area contributed by atoms with E-state index in [-0.39, 0.29) is 60.8 Å². The molecule has 0 spiro atoms. The molecule has 15 nitrogen and oxygen atoms in total. The zero-order chi connectivity index (χ0) is 28.3.